The number of fused-ring (bicyclic) bond motifs is 2. The van der Waals surface area contributed by atoms with Gasteiger partial charge in [0.15, 0.2) is 17.3 Å². The fraction of sp³-hybridized carbons (Fsp3) is 0.238. The van der Waals surface area contributed by atoms with Crippen LogP contribution in [0.1, 0.15) is 55.4 Å². The van der Waals surface area contributed by atoms with E-state index in [0.717, 1.165) is 6.07 Å². The zero-order chi connectivity index (χ0) is 23.4. The molecule has 174 valence electrons. The van der Waals surface area contributed by atoms with E-state index in [2.05, 4.69) is 4.74 Å². The first-order valence-corrected chi connectivity index (χ1v) is 9.34. The zero-order valence-corrected chi connectivity index (χ0v) is 17.7. The second kappa shape index (κ2) is 10.7. The van der Waals surface area contributed by atoms with E-state index in [1.54, 1.807) is 12.1 Å². The van der Waals surface area contributed by atoms with Gasteiger partial charge in [0.05, 0.1) is 12.0 Å². The Balaban J connectivity index is 0.00000385. The molecule has 0 unspecified atom stereocenters. The molecule has 2 aromatic rings. The van der Waals surface area contributed by atoms with Gasteiger partial charge < -0.3 is 24.7 Å². The highest BCUT2D eigenvalue weighted by Gasteiger charge is 2.34. The van der Waals surface area contributed by atoms with Gasteiger partial charge in [0.25, 0.3) is 0 Å². The molecule has 11 nitrogen and oxygen atoms in total. The number of carboxylic acid groups (broad SMARTS) is 1. The molecule has 0 fully saturated rings. The van der Waals surface area contributed by atoms with Gasteiger partial charge in [-0.1, -0.05) is 24.3 Å². The summed E-state index contributed by atoms with van der Waals surface area (Å²) in [6.07, 6.45) is -1.36. The number of rotatable bonds is 9. The number of benzene rings is 1. The predicted octanol–water partition coefficient (Wildman–Crippen LogP) is 0.938. The number of furan rings is 1. The Morgan fingerprint density at radius 1 is 0.970 bits per heavy atom. The van der Waals surface area contributed by atoms with Gasteiger partial charge in [-0.25, -0.2) is 0 Å². The summed E-state index contributed by atoms with van der Waals surface area (Å²) in [5.41, 5.74) is 5.61. The van der Waals surface area contributed by atoms with Crippen LogP contribution < -0.4 is 5.73 Å². The van der Waals surface area contributed by atoms with Gasteiger partial charge in [-0.2, -0.15) is 0 Å². The standard InChI is InChI=1S/C21H17NO10.ClH/c22-13(8-16(24)25)21(29)31-6-5-30-17(26)9-14(23)15-7-12-18(27)10-3-1-2-4-11(10)19(28)20(12)32-15;/h1-4,7,13H,5-6,8-9,22H2,(H,24,25);1H/t13-;/m0./s1. The molecule has 1 aliphatic rings. The molecule has 0 spiro atoms. The molecule has 0 saturated heterocycles. The molecule has 0 radical (unpaired) electrons. The molecule has 3 rings (SSSR count). The summed E-state index contributed by atoms with van der Waals surface area (Å²) in [7, 11) is 0. The van der Waals surface area contributed by atoms with Crippen LogP contribution in [0.25, 0.3) is 0 Å². The van der Waals surface area contributed by atoms with E-state index in [1.165, 1.54) is 12.1 Å². The Labute approximate surface area is 192 Å². The van der Waals surface area contributed by atoms with Crippen molar-refractivity contribution in [2.24, 2.45) is 5.73 Å². The van der Waals surface area contributed by atoms with E-state index in [9.17, 15) is 28.8 Å². The highest BCUT2D eigenvalue weighted by atomic mass is 35.5. The Morgan fingerprint density at radius 2 is 1.58 bits per heavy atom. The summed E-state index contributed by atoms with van der Waals surface area (Å²) >= 11 is 0. The largest absolute Gasteiger partial charge is 0.481 e. The van der Waals surface area contributed by atoms with Crippen LogP contribution in [0.4, 0.5) is 0 Å². The lowest BCUT2D eigenvalue weighted by atomic mass is 9.88. The first-order valence-electron chi connectivity index (χ1n) is 9.34. The number of nitrogens with two attached hydrogens (primary N) is 1. The van der Waals surface area contributed by atoms with Gasteiger partial charge >= 0.3 is 17.9 Å². The minimum atomic E-state index is -1.36. The van der Waals surface area contributed by atoms with E-state index < -0.39 is 60.7 Å². The normalized spacial score (nSPS) is 12.6. The zero-order valence-electron chi connectivity index (χ0n) is 16.9. The van der Waals surface area contributed by atoms with E-state index in [4.69, 9.17) is 20.0 Å². The van der Waals surface area contributed by atoms with E-state index in [1.807, 2.05) is 0 Å². The molecule has 1 aromatic carbocycles. The highest BCUT2D eigenvalue weighted by Crippen LogP contribution is 2.30. The Bertz CT molecular complexity index is 1080. The number of carboxylic acids is 1. The third-order valence-corrected chi connectivity index (χ3v) is 4.47. The van der Waals surface area contributed by atoms with Crippen molar-refractivity contribution in [3.8, 4) is 0 Å². The van der Waals surface area contributed by atoms with E-state index >= 15 is 0 Å². The number of ether oxygens (including phenoxy) is 2. The predicted molar refractivity (Wildman–Crippen MR) is 110 cm³/mol. The maximum atomic E-state index is 12.5. The number of carbonyl (C=O) groups is 6. The Morgan fingerprint density at radius 3 is 2.21 bits per heavy atom. The molecule has 0 amide bonds. The van der Waals surface area contributed by atoms with Gasteiger partial charge in [-0.3, -0.25) is 28.8 Å². The molecule has 1 heterocycles. The maximum Gasteiger partial charge on any atom is 0.323 e. The van der Waals surface area contributed by atoms with Crippen LogP contribution in [0.5, 0.6) is 0 Å². The van der Waals surface area contributed by atoms with Gasteiger partial charge in [-0.05, 0) is 6.07 Å². The van der Waals surface area contributed by atoms with Crippen molar-refractivity contribution in [2.45, 2.75) is 18.9 Å². The van der Waals surface area contributed by atoms with Crippen molar-refractivity contribution < 1.29 is 47.8 Å². The molecule has 1 atom stereocenters. The summed E-state index contributed by atoms with van der Waals surface area (Å²) in [6.45, 7) is -0.777. The lowest BCUT2D eigenvalue weighted by molar-refractivity contribution is -0.154. The molecule has 0 aliphatic heterocycles. The van der Waals surface area contributed by atoms with Crippen molar-refractivity contribution in [3.05, 3.63) is 58.5 Å². The SMILES string of the molecule is Cl.N[C@@H](CC(=O)O)C(=O)OCCOC(=O)CC(=O)c1cc2c(o1)C(=O)c1ccccc1C2=O. The number of aliphatic carboxylic acids is 1. The van der Waals surface area contributed by atoms with Crippen LogP contribution in [-0.2, 0) is 23.9 Å². The molecule has 12 heteroatoms. The van der Waals surface area contributed by atoms with Crippen LogP contribution in [0.15, 0.2) is 34.7 Å². The number of hydrogen-bond donors (Lipinski definition) is 2. The quantitative estimate of drug-likeness (QED) is 0.193. The first-order chi connectivity index (χ1) is 15.2. The van der Waals surface area contributed by atoms with Crippen LogP contribution in [0.2, 0.25) is 0 Å². The molecule has 3 N–H and O–H groups in total. The number of esters is 2. The monoisotopic (exact) mass is 479 g/mol. The van der Waals surface area contributed by atoms with E-state index in [-0.39, 0.29) is 47.2 Å². The second-order valence-electron chi connectivity index (χ2n) is 6.75. The average Bonchev–Trinajstić information content (AvgIpc) is 3.20. The van der Waals surface area contributed by atoms with Crippen LogP contribution in [-0.4, -0.2) is 59.6 Å². The number of halogens is 1. The van der Waals surface area contributed by atoms with Crippen molar-refractivity contribution in [2.75, 3.05) is 13.2 Å². The molecule has 1 aliphatic carbocycles. The molecule has 33 heavy (non-hydrogen) atoms. The topological polar surface area (TPSA) is 180 Å². The summed E-state index contributed by atoms with van der Waals surface area (Å²) in [5.74, 6) is -5.64. The van der Waals surface area contributed by atoms with Crippen molar-refractivity contribution in [3.63, 3.8) is 0 Å². The molecule has 1 aromatic heterocycles. The van der Waals surface area contributed by atoms with Gasteiger partial charge in [-0.15, -0.1) is 12.4 Å². The van der Waals surface area contributed by atoms with Crippen LogP contribution in [0, 0.1) is 0 Å². The summed E-state index contributed by atoms with van der Waals surface area (Å²) in [4.78, 5) is 71.1. The summed E-state index contributed by atoms with van der Waals surface area (Å²) in [6, 6.07) is 5.93. The van der Waals surface area contributed by atoms with Gasteiger partial charge in [0.1, 0.15) is 25.7 Å². The summed E-state index contributed by atoms with van der Waals surface area (Å²) in [5, 5.41) is 8.55. The Hall–Kier alpha value is -3.83. The number of Topliss-reactive ketones (excluding diaryl/α,β-unsaturated/α-hetero) is 1. The lowest BCUT2D eigenvalue weighted by Crippen LogP contribution is -2.35. The molecular formula is C21H18ClNO10. The van der Waals surface area contributed by atoms with Crippen molar-refractivity contribution in [1.82, 2.24) is 0 Å². The van der Waals surface area contributed by atoms with Gasteiger partial charge in [0.2, 0.25) is 11.6 Å². The lowest BCUT2D eigenvalue weighted by Gasteiger charge is -2.11. The molecule has 0 saturated carbocycles. The fourth-order valence-corrected chi connectivity index (χ4v) is 2.96. The first kappa shape index (κ1) is 25.4. The van der Waals surface area contributed by atoms with Crippen molar-refractivity contribution >= 4 is 47.7 Å². The van der Waals surface area contributed by atoms with Crippen LogP contribution >= 0.6 is 12.4 Å². The van der Waals surface area contributed by atoms with Crippen molar-refractivity contribution in [1.29, 1.82) is 0 Å². The van der Waals surface area contributed by atoms with Crippen LogP contribution in [0.3, 0.4) is 0 Å². The average molecular weight is 480 g/mol. The third-order valence-electron chi connectivity index (χ3n) is 4.47. The minimum Gasteiger partial charge on any atom is -0.481 e. The third kappa shape index (κ3) is 5.70. The summed E-state index contributed by atoms with van der Waals surface area (Å²) < 4.78 is 14.7. The van der Waals surface area contributed by atoms with Gasteiger partial charge in [0, 0.05) is 11.1 Å². The van der Waals surface area contributed by atoms with E-state index in [0.29, 0.717) is 0 Å². The fourth-order valence-electron chi connectivity index (χ4n) is 2.96. The molecule has 0 bridgehead atoms. The minimum absolute atomic E-state index is 0. The number of hydrogen-bond acceptors (Lipinski definition) is 10. The Kier molecular flexibility index (Phi) is 8.21. The maximum absolute atomic E-state index is 12.5. The number of carbonyl (C=O) groups excluding carboxylic acids is 5. The number of ketones is 3. The molecular weight excluding hydrogens is 462 g/mol. The second-order valence-corrected chi connectivity index (χ2v) is 6.75. The smallest absolute Gasteiger partial charge is 0.323 e. The highest BCUT2D eigenvalue weighted by molar-refractivity contribution is 6.28.